The number of nitrogens with one attached hydrogen (secondary N) is 1. The summed E-state index contributed by atoms with van der Waals surface area (Å²) in [6, 6.07) is 11.2. The van der Waals surface area contributed by atoms with Gasteiger partial charge in [0.15, 0.2) is 5.82 Å². The van der Waals surface area contributed by atoms with Gasteiger partial charge in [-0.05, 0) is 69.2 Å². The van der Waals surface area contributed by atoms with E-state index in [4.69, 9.17) is 10.1 Å². The number of urea groups is 1. The van der Waals surface area contributed by atoms with Crippen molar-refractivity contribution < 1.29 is 4.79 Å². The van der Waals surface area contributed by atoms with E-state index in [1.807, 2.05) is 9.80 Å². The standard InChI is InChI=1S/C28H33N7O/c1-17-10-24(19-2-3-19)32-35(17)23-8-6-18(7-9-23)22-13-33(14-22)27(36)34-15-28(16-34)11-21(12-28)26-29-25(30-31-26)20-4-5-20/h6-10,19-22H,2-5,11-16H2,1H3,(H,29,30,31). The molecule has 186 valence electrons. The fraction of sp³-hybridized carbons (Fsp3) is 0.571. The van der Waals surface area contributed by atoms with E-state index in [9.17, 15) is 4.79 Å². The molecule has 36 heavy (non-hydrogen) atoms. The number of aryl methyl sites for hydroxylation is 1. The number of nitrogens with zero attached hydrogens (tertiary/aromatic N) is 6. The van der Waals surface area contributed by atoms with E-state index in [0.29, 0.717) is 29.1 Å². The molecule has 0 bridgehead atoms. The minimum Gasteiger partial charge on any atom is -0.323 e. The largest absolute Gasteiger partial charge is 0.323 e. The fourth-order valence-corrected chi connectivity index (χ4v) is 6.61. The van der Waals surface area contributed by atoms with Crippen molar-refractivity contribution in [2.75, 3.05) is 26.2 Å². The number of benzene rings is 1. The molecule has 5 aliphatic rings. The van der Waals surface area contributed by atoms with Crippen LogP contribution >= 0.6 is 0 Å². The molecular weight excluding hydrogens is 450 g/mol. The van der Waals surface area contributed by atoms with Gasteiger partial charge in [-0.2, -0.15) is 10.2 Å². The monoisotopic (exact) mass is 483 g/mol. The van der Waals surface area contributed by atoms with E-state index in [0.717, 1.165) is 56.4 Å². The smallest absolute Gasteiger partial charge is 0.320 e. The zero-order chi connectivity index (χ0) is 24.0. The zero-order valence-electron chi connectivity index (χ0n) is 20.9. The van der Waals surface area contributed by atoms with Gasteiger partial charge in [0.05, 0.1) is 11.4 Å². The van der Waals surface area contributed by atoms with Gasteiger partial charge in [0.2, 0.25) is 0 Å². The number of hydrogen-bond donors (Lipinski definition) is 1. The highest BCUT2D eigenvalue weighted by Crippen LogP contribution is 2.56. The molecule has 8 nitrogen and oxygen atoms in total. The number of hydrogen-bond acceptors (Lipinski definition) is 4. The Morgan fingerprint density at radius 3 is 2.36 bits per heavy atom. The summed E-state index contributed by atoms with van der Waals surface area (Å²) in [6.45, 7) is 5.55. The lowest BCUT2D eigenvalue weighted by molar-refractivity contribution is -0.0601. The Morgan fingerprint density at radius 2 is 1.67 bits per heavy atom. The van der Waals surface area contributed by atoms with Crippen LogP contribution in [0.2, 0.25) is 0 Å². The van der Waals surface area contributed by atoms with E-state index in [-0.39, 0.29) is 6.03 Å². The van der Waals surface area contributed by atoms with Gasteiger partial charge in [0, 0.05) is 61.0 Å². The van der Waals surface area contributed by atoms with Gasteiger partial charge < -0.3 is 9.80 Å². The lowest BCUT2D eigenvalue weighted by Crippen LogP contribution is -2.67. The Bertz CT molecular complexity index is 1310. The maximum absolute atomic E-state index is 13.0. The summed E-state index contributed by atoms with van der Waals surface area (Å²) in [4.78, 5) is 21.8. The van der Waals surface area contributed by atoms with Crippen molar-refractivity contribution in [3.63, 3.8) is 0 Å². The summed E-state index contributed by atoms with van der Waals surface area (Å²) in [7, 11) is 0. The second-order valence-electron chi connectivity index (χ2n) is 12.2. The molecule has 4 heterocycles. The third-order valence-electron chi connectivity index (χ3n) is 9.19. The molecule has 2 saturated heterocycles. The molecule has 0 atom stereocenters. The van der Waals surface area contributed by atoms with Crippen LogP contribution < -0.4 is 0 Å². The van der Waals surface area contributed by atoms with Crippen LogP contribution in [0.15, 0.2) is 30.3 Å². The summed E-state index contributed by atoms with van der Waals surface area (Å²) < 4.78 is 2.06. The molecule has 2 amide bonds. The molecule has 3 saturated carbocycles. The van der Waals surface area contributed by atoms with Crippen LogP contribution in [0.5, 0.6) is 0 Å². The second kappa shape index (κ2) is 7.43. The highest BCUT2D eigenvalue weighted by molar-refractivity contribution is 5.77. The Kier molecular flexibility index (Phi) is 4.33. The van der Waals surface area contributed by atoms with Crippen molar-refractivity contribution >= 4 is 6.03 Å². The maximum Gasteiger partial charge on any atom is 0.320 e. The van der Waals surface area contributed by atoms with E-state index in [1.165, 1.54) is 42.6 Å². The van der Waals surface area contributed by atoms with E-state index >= 15 is 0 Å². The van der Waals surface area contributed by atoms with Gasteiger partial charge in [-0.1, -0.05) is 12.1 Å². The Labute approximate surface area is 211 Å². The summed E-state index contributed by atoms with van der Waals surface area (Å²) in [5.41, 5.74) is 5.17. The summed E-state index contributed by atoms with van der Waals surface area (Å²) >= 11 is 0. The minimum absolute atomic E-state index is 0.214. The average Bonchev–Trinajstić information content (AvgIpc) is 3.73. The quantitative estimate of drug-likeness (QED) is 0.581. The van der Waals surface area contributed by atoms with Gasteiger partial charge in [-0.3, -0.25) is 5.10 Å². The van der Waals surface area contributed by atoms with Gasteiger partial charge >= 0.3 is 6.03 Å². The van der Waals surface area contributed by atoms with Crippen LogP contribution in [0.1, 0.15) is 90.8 Å². The van der Waals surface area contributed by atoms with Crippen LogP contribution in [0, 0.1) is 12.3 Å². The van der Waals surface area contributed by atoms with Crippen molar-refractivity contribution in [2.45, 2.75) is 69.1 Å². The van der Waals surface area contributed by atoms with Crippen molar-refractivity contribution in [3.05, 3.63) is 58.9 Å². The molecule has 1 N–H and O–H groups in total. The third-order valence-corrected chi connectivity index (χ3v) is 9.19. The molecule has 3 aromatic rings. The molecular formula is C28H33N7O. The van der Waals surface area contributed by atoms with Crippen LogP contribution in [-0.4, -0.2) is 67.0 Å². The topological polar surface area (TPSA) is 82.9 Å². The number of carbonyl (C=O) groups excluding carboxylic acids is 1. The van der Waals surface area contributed by atoms with Crippen LogP contribution in [0.4, 0.5) is 4.79 Å². The molecule has 0 radical (unpaired) electrons. The Hall–Kier alpha value is -3.16. The highest BCUT2D eigenvalue weighted by atomic mass is 16.2. The van der Waals surface area contributed by atoms with Gasteiger partial charge in [0.25, 0.3) is 0 Å². The predicted octanol–water partition coefficient (Wildman–Crippen LogP) is 4.45. The normalized spacial score (nSPS) is 23.5. The number of carbonyl (C=O) groups is 1. The number of aromatic nitrogens is 5. The third kappa shape index (κ3) is 3.40. The maximum atomic E-state index is 13.0. The first-order chi connectivity index (χ1) is 17.5. The van der Waals surface area contributed by atoms with E-state index in [1.54, 1.807) is 0 Å². The van der Waals surface area contributed by atoms with Crippen molar-refractivity contribution in [3.8, 4) is 5.69 Å². The zero-order valence-corrected chi connectivity index (χ0v) is 20.9. The van der Waals surface area contributed by atoms with Crippen LogP contribution in [-0.2, 0) is 0 Å². The Morgan fingerprint density at radius 1 is 0.944 bits per heavy atom. The number of aromatic amines is 1. The van der Waals surface area contributed by atoms with E-state index in [2.05, 4.69) is 52.1 Å². The van der Waals surface area contributed by atoms with E-state index < -0.39 is 0 Å². The summed E-state index contributed by atoms with van der Waals surface area (Å²) in [5, 5.41) is 12.4. The SMILES string of the molecule is Cc1cc(C2CC2)nn1-c1ccc(C2CN(C(=O)N3CC4(CC(c5n[nH]c(C6CC6)n5)C4)C3)C2)cc1. The molecule has 5 fully saturated rings. The Balaban J connectivity index is 0.830. The number of likely N-dealkylation sites (tertiary alicyclic amines) is 2. The lowest BCUT2D eigenvalue weighted by atomic mass is 9.57. The minimum atomic E-state index is 0.214. The van der Waals surface area contributed by atoms with Crippen LogP contribution in [0.25, 0.3) is 5.69 Å². The molecule has 1 aromatic carbocycles. The predicted molar refractivity (Wildman–Crippen MR) is 134 cm³/mol. The number of rotatable bonds is 5. The first-order valence-electron chi connectivity index (χ1n) is 13.7. The lowest BCUT2D eigenvalue weighted by Gasteiger charge is -2.59. The first kappa shape index (κ1) is 21.0. The molecule has 8 heteroatoms. The number of H-pyrrole nitrogens is 1. The van der Waals surface area contributed by atoms with Gasteiger partial charge in [-0.15, -0.1) is 0 Å². The molecule has 0 unspecified atom stereocenters. The summed E-state index contributed by atoms with van der Waals surface area (Å²) in [5.74, 6) is 4.26. The molecule has 1 spiro atoms. The van der Waals surface area contributed by atoms with Gasteiger partial charge in [-0.25, -0.2) is 14.5 Å². The van der Waals surface area contributed by atoms with Gasteiger partial charge in [0.1, 0.15) is 5.82 Å². The molecule has 3 aliphatic carbocycles. The molecule has 8 rings (SSSR count). The fourth-order valence-electron chi connectivity index (χ4n) is 6.61. The van der Waals surface area contributed by atoms with Crippen molar-refractivity contribution in [1.29, 1.82) is 0 Å². The highest BCUT2D eigenvalue weighted by Gasteiger charge is 2.56. The van der Waals surface area contributed by atoms with Crippen molar-refractivity contribution in [2.24, 2.45) is 5.41 Å². The first-order valence-corrected chi connectivity index (χ1v) is 13.7. The molecule has 2 aromatic heterocycles. The van der Waals surface area contributed by atoms with Crippen molar-refractivity contribution in [1.82, 2.24) is 34.8 Å². The molecule has 2 aliphatic heterocycles. The average molecular weight is 484 g/mol. The summed E-state index contributed by atoms with van der Waals surface area (Å²) in [6.07, 6.45) is 7.27. The number of amides is 2. The second-order valence-corrected chi connectivity index (χ2v) is 12.2. The van der Waals surface area contributed by atoms with Crippen LogP contribution in [0.3, 0.4) is 0 Å².